The second-order valence-corrected chi connectivity index (χ2v) is 8.50. The van der Waals surface area contributed by atoms with Gasteiger partial charge in [0.2, 0.25) is 24.1 Å². The van der Waals surface area contributed by atoms with Crippen LogP contribution in [0.3, 0.4) is 0 Å². The second-order valence-electron chi connectivity index (χ2n) is 7.47. The summed E-state index contributed by atoms with van der Waals surface area (Å²) in [5.74, 6) is -5.00. The molecule has 2 unspecified atom stereocenters. The number of guanidine groups is 1. The molecule has 0 heterocycles. The number of aliphatic carboxylic acids is 2. The number of carboxylic acid groups (broad SMARTS) is 2. The van der Waals surface area contributed by atoms with E-state index in [1.54, 1.807) is 24.3 Å². The molecule has 4 amide bonds. The number of amides is 4. The van der Waals surface area contributed by atoms with Crippen LogP contribution in [0.4, 0.5) is 11.4 Å². The lowest BCUT2D eigenvalue weighted by molar-refractivity contribution is -0.142. The van der Waals surface area contributed by atoms with E-state index in [4.69, 9.17) is 16.6 Å². The summed E-state index contributed by atoms with van der Waals surface area (Å²) in [7, 11) is 0. The first-order valence-electron chi connectivity index (χ1n) is 10.7. The number of anilines is 1. The monoisotopic (exact) mass is 539 g/mol. The Bertz CT molecular complexity index is 1010. The molecule has 9 N–H and O–H groups in total. The minimum atomic E-state index is -1.56. The summed E-state index contributed by atoms with van der Waals surface area (Å²) < 4.78 is 0. The number of benzene rings is 1. The second kappa shape index (κ2) is 15.6. The van der Waals surface area contributed by atoms with Gasteiger partial charge in [0.15, 0.2) is 5.96 Å². The van der Waals surface area contributed by atoms with Crippen LogP contribution < -0.4 is 32.3 Å². The molecule has 0 spiro atoms. The SMILES string of the molecule is CC(=O)NCSCC(NC(=O)C(CC(=O)O)NC(=O)CCN(C=O)c1ccc(N=C(N)N)cc1)C(=O)O. The highest BCUT2D eigenvalue weighted by Gasteiger charge is 2.28. The number of nitrogens with one attached hydrogen (secondary N) is 3. The van der Waals surface area contributed by atoms with Gasteiger partial charge in [-0.25, -0.2) is 9.79 Å². The van der Waals surface area contributed by atoms with Gasteiger partial charge in [-0.1, -0.05) is 0 Å². The van der Waals surface area contributed by atoms with Crippen LogP contribution in [0.25, 0.3) is 0 Å². The molecule has 202 valence electrons. The van der Waals surface area contributed by atoms with E-state index < -0.39 is 42.3 Å². The zero-order chi connectivity index (χ0) is 28.0. The minimum Gasteiger partial charge on any atom is -0.481 e. The number of nitrogens with two attached hydrogens (primary N) is 2. The van der Waals surface area contributed by atoms with E-state index in [1.165, 1.54) is 11.8 Å². The van der Waals surface area contributed by atoms with E-state index in [-0.39, 0.29) is 36.5 Å². The number of thioether (sulfide) groups is 1. The number of rotatable bonds is 16. The third-order valence-electron chi connectivity index (χ3n) is 4.50. The van der Waals surface area contributed by atoms with Crippen molar-refractivity contribution in [2.75, 3.05) is 23.1 Å². The van der Waals surface area contributed by atoms with E-state index in [2.05, 4.69) is 20.9 Å². The first kappa shape index (κ1) is 30.7. The molecule has 0 aliphatic heterocycles. The summed E-state index contributed by atoms with van der Waals surface area (Å²) in [6.07, 6.45) is -0.598. The van der Waals surface area contributed by atoms with Crippen molar-refractivity contribution in [2.45, 2.75) is 31.8 Å². The van der Waals surface area contributed by atoms with Crippen LogP contribution >= 0.6 is 11.8 Å². The van der Waals surface area contributed by atoms with Crippen molar-refractivity contribution in [1.29, 1.82) is 0 Å². The molecule has 1 aromatic carbocycles. The minimum absolute atomic E-state index is 0.101. The fraction of sp³-hybridized carbons (Fsp3) is 0.381. The lowest BCUT2D eigenvalue weighted by Crippen LogP contribution is -2.53. The van der Waals surface area contributed by atoms with Crippen molar-refractivity contribution in [3.05, 3.63) is 24.3 Å². The molecular weight excluding hydrogens is 510 g/mol. The van der Waals surface area contributed by atoms with E-state index in [9.17, 15) is 33.9 Å². The van der Waals surface area contributed by atoms with Gasteiger partial charge in [-0.3, -0.25) is 24.0 Å². The number of carboxylic acids is 2. The van der Waals surface area contributed by atoms with Crippen molar-refractivity contribution in [3.63, 3.8) is 0 Å². The predicted molar refractivity (Wildman–Crippen MR) is 135 cm³/mol. The standard InChI is InChI=1S/C21H29N7O8S/c1-12(30)24-10-37-9-16(20(35)36)27-19(34)15(8-18(32)33)26-17(31)6-7-28(11-29)14-4-2-13(3-5-14)25-21(22)23/h2-5,11,15-16H,6-10H2,1H3,(H,24,30)(H,26,31)(H,27,34)(H,32,33)(H,35,36)(H4,22,23,25). The molecule has 37 heavy (non-hydrogen) atoms. The first-order valence-corrected chi connectivity index (χ1v) is 11.9. The van der Waals surface area contributed by atoms with Gasteiger partial charge in [0.25, 0.3) is 0 Å². The molecule has 0 aliphatic carbocycles. The number of nitrogens with zero attached hydrogens (tertiary/aromatic N) is 2. The maximum Gasteiger partial charge on any atom is 0.327 e. The first-order chi connectivity index (χ1) is 17.4. The quantitative estimate of drug-likeness (QED) is 0.0410. The Morgan fingerprint density at radius 3 is 2.24 bits per heavy atom. The van der Waals surface area contributed by atoms with Gasteiger partial charge in [-0.05, 0) is 24.3 Å². The van der Waals surface area contributed by atoms with Crippen molar-refractivity contribution < 1.29 is 39.0 Å². The van der Waals surface area contributed by atoms with E-state index in [0.29, 0.717) is 17.8 Å². The third kappa shape index (κ3) is 12.3. The summed E-state index contributed by atoms with van der Waals surface area (Å²) >= 11 is 1.03. The average molecular weight is 540 g/mol. The number of carbonyl (C=O) groups excluding carboxylic acids is 4. The van der Waals surface area contributed by atoms with Crippen LogP contribution in [-0.2, 0) is 28.8 Å². The molecule has 2 atom stereocenters. The Morgan fingerprint density at radius 1 is 1.08 bits per heavy atom. The third-order valence-corrected chi connectivity index (χ3v) is 5.42. The van der Waals surface area contributed by atoms with Crippen LogP contribution in [0, 0.1) is 0 Å². The average Bonchev–Trinajstić information content (AvgIpc) is 2.80. The van der Waals surface area contributed by atoms with Gasteiger partial charge in [0.1, 0.15) is 12.1 Å². The van der Waals surface area contributed by atoms with Crippen LogP contribution in [0.1, 0.15) is 19.8 Å². The largest absolute Gasteiger partial charge is 0.481 e. The summed E-state index contributed by atoms with van der Waals surface area (Å²) in [6.45, 7) is 1.19. The van der Waals surface area contributed by atoms with Crippen molar-refractivity contribution in [1.82, 2.24) is 16.0 Å². The number of aliphatic imine (C=N–C) groups is 1. The summed E-state index contributed by atoms with van der Waals surface area (Å²) in [5.41, 5.74) is 11.5. The molecule has 1 aromatic rings. The highest BCUT2D eigenvalue weighted by atomic mass is 32.2. The van der Waals surface area contributed by atoms with Gasteiger partial charge in [0, 0.05) is 31.3 Å². The molecule has 0 aromatic heterocycles. The number of hydrogen-bond acceptors (Lipinski definition) is 8. The van der Waals surface area contributed by atoms with E-state index >= 15 is 0 Å². The van der Waals surface area contributed by atoms with Crippen LogP contribution in [0.15, 0.2) is 29.3 Å². The van der Waals surface area contributed by atoms with Crippen molar-refractivity contribution >= 4 is 65.2 Å². The van der Waals surface area contributed by atoms with Crippen LogP contribution in [-0.4, -0.2) is 82.5 Å². The molecule has 16 heteroatoms. The normalized spacial score (nSPS) is 11.8. The topological polar surface area (TPSA) is 247 Å². The zero-order valence-electron chi connectivity index (χ0n) is 19.9. The van der Waals surface area contributed by atoms with Crippen LogP contribution in [0.5, 0.6) is 0 Å². The van der Waals surface area contributed by atoms with Crippen molar-refractivity contribution in [3.8, 4) is 0 Å². The molecular formula is C21H29N7O8S. The van der Waals surface area contributed by atoms with Gasteiger partial charge < -0.3 is 42.5 Å². The molecule has 0 saturated heterocycles. The maximum atomic E-state index is 12.6. The van der Waals surface area contributed by atoms with Crippen LogP contribution in [0.2, 0.25) is 0 Å². The lowest BCUT2D eigenvalue weighted by atomic mass is 10.1. The molecule has 0 aliphatic rings. The van der Waals surface area contributed by atoms with E-state index in [1.807, 2.05) is 0 Å². The van der Waals surface area contributed by atoms with E-state index in [0.717, 1.165) is 11.8 Å². The molecule has 1 rings (SSSR count). The van der Waals surface area contributed by atoms with Gasteiger partial charge >= 0.3 is 11.9 Å². The zero-order valence-corrected chi connectivity index (χ0v) is 20.7. The smallest absolute Gasteiger partial charge is 0.327 e. The summed E-state index contributed by atoms with van der Waals surface area (Å²) in [4.78, 5) is 75.1. The molecule has 0 fully saturated rings. The van der Waals surface area contributed by atoms with Gasteiger partial charge in [0.05, 0.1) is 18.0 Å². The summed E-state index contributed by atoms with van der Waals surface area (Å²) in [6, 6.07) is 3.23. The number of carbonyl (C=O) groups is 6. The Labute approximate surface area is 216 Å². The molecule has 15 nitrogen and oxygen atoms in total. The Kier molecular flexibility index (Phi) is 13.0. The molecule has 0 bridgehead atoms. The maximum absolute atomic E-state index is 12.6. The Morgan fingerprint density at radius 2 is 1.73 bits per heavy atom. The fourth-order valence-corrected chi connectivity index (χ4v) is 3.64. The highest BCUT2D eigenvalue weighted by molar-refractivity contribution is 7.99. The van der Waals surface area contributed by atoms with Gasteiger partial charge in [-0.15, -0.1) is 11.8 Å². The lowest BCUT2D eigenvalue weighted by Gasteiger charge is -2.21. The number of hydrogen-bond donors (Lipinski definition) is 7. The predicted octanol–water partition coefficient (Wildman–Crippen LogP) is -1.70. The summed E-state index contributed by atoms with van der Waals surface area (Å²) in [5, 5.41) is 25.4. The highest BCUT2D eigenvalue weighted by Crippen LogP contribution is 2.19. The molecule has 0 radical (unpaired) electrons. The van der Waals surface area contributed by atoms with Crippen molar-refractivity contribution in [2.24, 2.45) is 16.5 Å². The van der Waals surface area contributed by atoms with Gasteiger partial charge in [-0.2, -0.15) is 0 Å². The molecule has 0 saturated carbocycles. The Hall–Kier alpha value is -4.34. The fourth-order valence-electron chi connectivity index (χ4n) is 2.76. The Balaban J connectivity index is 2.76.